The van der Waals surface area contributed by atoms with Gasteiger partial charge >= 0.3 is 0 Å². The quantitative estimate of drug-likeness (QED) is 0.878. The van der Waals surface area contributed by atoms with E-state index in [1.54, 1.807) is 52.0 Å². The van der Waals surface area contributed by atoms with Crippen LogP contribution in [0.1, 0.15) is 33.3 Å². The van der Waals surface area contributed by atoms with Crippen molar-refractivity contribution < 1.29 is 13.5 Å². The van der Waals surface area contributed by atoms with Crippen LogP contribution in [0.5, 0.6) is 0 Å². The summed E-state index contributed by atoms with van der Waals surface area (Å²) >= 11 is 0. The summed E-state index contributed by atoms with van der Waals surface area (Å²) in [6.07, 6.45) is 0. The van der Waals surface area contributed by atoms with Gasteiger partial charge in [-0.05, 0) is 46.8 Å². The fourth-order valence-corrected chi connectivity index (χ4v) is 2.77. The molecule has 0 aliphatic heterocycles. The summed E-state index contributed by atoms with van der Waals surface area (Å²) in [5, 5.41) is 9.97. The van der Waals surface area contributed by atoms with Gasteiger partial charge in [0.25, 0.3) is 0 Å². The van der Waals surface area contributed by atoms with Crippen LogP contribution in [0.25, 0.3) is 0 Å². The molecule has 0 spiro atoms. The summed E-state index contributed by atoms with van der Waals surface area (Å²) in [5.41, 5.74) is -1.13. The van der Waals surface area contributed by atoms with Crippen LogP contribution in [0.3, 0.4) is 0 Å². The van der Waals surface area contributed by atoms with Crippen LogP contribution >= 0.6 is 0 Å². The molecule has 0 heterocycles. The summed E-state index contributed by atoms with van der Waals surface area (Å²) in [6.45, 7) is 8.34. The highest BCUT2D eigenvalue weighted by atomic mass is 32.2. The van der Waals surface area contributed by atoms with E-state index < -0.39 is 21.2 Å². The van der Waals surface area contributed by atoms with Crippen LogP contribution in [0.4, 0.5) is 0 Å². The van der Waals surface area contributed by atoms with Gasteiger partial charge in [0.05, 0.1) is 16.0 Å². The molecular formula is C13H21NO3S. The second kappa shape index (κ2) is 4.64. The lowest BCUT2D eigenvalue weighted by atomic mass is 9.87. The number of rotatable bonds is 4. The molecule has 5 heteroatoms. The number of hydrogen-bond acceptors (Lipinski definition) is 3. The molecule has 0 saturated heterocycles. The van der Waals surface area contributed by atoms with Crippen LogP contribution in [-0.2, 0) is 10.0 Å². The fourth-order valence-electron chi connectivity index (χ4n) is 1.24. The molecule has 0 atom stereocenters. The van der Waals surface area contributed by atoms with Gasteiger partial charge in [-0.2, -0.15) is 0 Å². The van der Waals surface area contributed by atoms with E-state index in [1.165, 1.54) is 0 Å². The maximum Gasteiger partial charge on any atom is 0.241 e. The van der Waals surface area contributed by atoms with Gasteiger partial charge in [0.2, 0.25) is 10.0 Å². The molecule has 0 unspecified atom stereocenters. The van der Waals surface area contributed by atoms with Crippen molar-refractivity contribution in [2.45, 2.75) is 50.7 Å². The van der Waals surface area contributed by atoms with Crippen LogP contribution in [0.15, 0.2) is 29.2 Å². The maximum absolute atomic E-state index is 12.2. The predicted octanol–water partition coefficient (Wildman–Crippen LogP) is 1.82. The summed E-state index contributed by atoms with van der Waals surface area (Å²) < 4.78 is 26.9. The van der Waals surface area contributed by atoms with Gasteiger partial charge in [0, 0.05) is 0 Å². The molecule has 0 aliphatic rings. The zero-order chi connectivity index (χ0) is 14.2. The highest BCUT2D eigenvalue weighted by molar-refractivity contribution is 7.89. The van der Waals surface area contributed by atoms with E-state index >= 15 is 0 Å². The first-order valence-corrected chi connectivity index (χ1v) is 7.27. The molecule has 4 nitrogen and oxygen atoms in total. The Kier molecular flexibility index (Phi) is 3.91. The molecule has 0 aromatic heterocycles. The summed E-state index contributed by atoms with van der Waals surface area (Å²) in [4.78, 5) is 0.199. The maximum atomic E-state index is 12.2. The van der Waals surface area contributed by atoms with Crippen LogP contribution in [-0.4, -0.2) is 24.7 Å². The highest BCUT2D eigenvalue weighted by Crippen LogP contribution is 2.23. The van der Waals surface area contributed by atoms with Gasteiger partial charge in [-0.1, -0.05) is 17.7 Å². The second-order valence-corrected chi connectivity index (χ2v) is 7.28. The van der Waals surface area contributed by atoms with E-state index in [9.17, 15) is 13.5 Å². The predicted molar refractivity (Wildman–Crippen MR) is 71.9 cm³/mol. The standard InChI is InChI=1S/C13H21NO3S/c1-10-6-8-11(9-7-10)18(16,17)14-12(2,3)13(4,5)15/h6-9,14-15H,1-5H3. The number of benzene rings is 1. The number of hydrogen-bond donors (Lipinski definition) is 2. The van der Waals surface area contributed by atoms with Crippen molar-refractivity contribution in [2.24, 2.45) is 0 Å². The second-order valence-electron chi connectivity index (χ2n) is 5.60. The van der Waals surface area contributed by atoms with Crippen molar-refractivity contribution >= 4 is 10.0 Å². The van der Waals surface area contributed by atoms with Gasteiger partial charge < -0.3 is 5.11 Å². The van der Waals surface area contributed by atoms with Crippen molar-refractivity contribution in [1.82, 2.24) is 4.72 Å². The Hall–Kier alpha value is -0.910. The van der Waals surface area contributed by atoms with Crippen molar-refractivity contribution in [2.75, 3.05) is 0 Å². The van der Waals surface area contributed by atoms with Crippen molar-refractivity contribution in [3.05, 3.63) is 29.8 Å². The Morgan fingerprint density at radius 3 is 1.89 bits per heavy atom. The zero-order valence-electron chi connectivity index (χ0n) is 11.5. The first kappa shape index (κ1) is 15.1. The van der Waals surface area contributed by atoms with E-state index in [0.717, 1.165) is 5.56 Å². The smallest absolute Gasteiger partial charge is 0.241 e. The minimum absolute atomic E-state index is 0.199. The number of aryl methyl sites for hydroxylation is 1. The van der Waals surface area contributed by atoms with Crippen LogP contribution in [0, 0.1) is 6.92 Å². The Morgan fingerprint density at radius 2 is 1.50 bits per heavy atom. The monoisotopic (exact) mass is 271 g/mol. The lowest BCUT2D eigenvalue weighted by molar-refractivity contribution is 0.00639. The molecule has 0 saturated carbocycles. The first-order chi connectivity index (χ1) is 7.96. The van der Waals surface area contributed by atoms with E-state index in [2.05, 4.69) is 4.72 Å². The summed E-state index contributed by atoms with van der Waals surface area (Å²) in [7, 11) is -3.63. The molecular weight excluding hydrogens is 250 g/mol. The molecule has 2 N–H and O–H groups in total. The number of sulfonamides is 1. The lowest BCUT2D eigenvalue weighted by Crippen LogP contribution is -2.57. The summed E-state index contributed by atoms with van der Waals surface area (Å²) in [5.74, 6) is 0. The topological polar surface area (TPSA) is 66.4 Å². The van der Waals surface area contributed by atoms with Crippen molar-refractivity contribution in [1.29, 1.82) is 0 Å². The zero-order valence-corrected chi connectivity index (χ0v) is 12.3. The average molecular weight is 271 g/mol. The van der Waals surface area contributed by atoms with Gasteiger partial charge in [-0.25, -0.2) is 13.1 Å². The van der Waals surface area contributed by atoms with Crippen molar-refractivity contribution in [3.63, 3.8) is 0 Å². The molecule has 18 heavy (non-hydrogen) atoms. The molecule has 0 bridgehead atoms. The normalized spacial score (nSPS) is 13.7. The van der Waals surface area contributed by atoms with Gasteiger partial charge in [0.1, 0.15) is 0 Å². The molecule has 1 rings (SSSR count). The Bertz CT molecular complexity index is 510. The minimum Gasteiger partial charge on any atom is -0.389 e. The SMILES string of the molecule is Cc1ccc(S(=O)(=O)NC(C)(C)C(C)(C)O)cc1. The molecule has 102 valence electrons. The largest absolute Gasteiger partial charge is 0.389 e. The van der Waals surface area contributed by atoms with Crippen LogP contribution < -0.4 is 4.72 Å². The third kappa shape index (κ3) is 3.31. The Labute approximate surface area is 109 Å². The minimum atomic E-state index is -3.63. The van der Waals surface area contributed by atoms with Crippen molar-refractivity contribution in [3.8, 4) is 0 Å². The molecule has 0 radical (unpaired) electrons. The average Bonchev–Trinajstić information content (AvgIpc) is 2.14. The van der Waals surface area contributed by atoms with E-state index in [1.807, 2.05) is 6.92 Å². The molecule has 0 fully saturated rings. The number of nitrogens with one attached hydrogen (secondary N) is 1. The summed E-state index contributed by atoms with van der Waals surface area (Å²) in [6, 6.07) is 6.59. The van der Waals surface area contributed by atoms with Gasteiger partial charge in [-0.15, -0.1) is 0 Å². The molecule has 1 aromatic carbocycles. The molecule has 0 amide bonds. The molecule has 0 aliphatic carbocycles. The highest BCUT2D eigenvalue weighted by Gasteiger charge is 2.38. The fraction of sp³-hybridized carbons (Fsp3) is 0.538. The Morgan fingerprint density at radius 1 is 1.06 bits per heavy atom. The first-order valence-electron chi connectivity index (χ1n) is 5.79. The lowest BCUT2D eigenvalue weighted by Gasteiger charge is -2.37. The third-order valence-electron chi connectivity index (χ3n) is 3.25. The van der Waals surface area contributed by atoms with E-state index in [0.29, 0.717) is 0 Å². The third-order valence-corrected chi connectivity index (χ3v) is 4.92. The van der Waals surface area contributed by atoms with E-state index in [-0.39, 0.29) is 4.90 Å². The van der Waals surface area contributed by atoms with Gasteiger partial charge in [-0.3, -0.25) is 0 Å². The molecule has 1 aromatic rings. The van der Waals surface area contributed by atoms with E-state index in [4.69, 9.17) is 0 Å². The Balaban J connectivity index is 3.07. The van der Waals surface area contributed by atoms with Gasteiger partial charge in [0.15, 0.2) is 0 Å². The van der Waals surface area contributed by atoms with Crippen LogP contribution in [0.2, 0.25) is 0 Å². The number of aliphatic hydroxyl groups is 1.